The predicted molar refractivity (Wildman–Crippen MR) is 215 cm³/mol. The number of phenols is 1. The van der Waals surface area contributed by atoms with Crippen molar-refractivity contribution in [3.05, 3.63) is 137 Å². The first-order valence-electron chi connectivity index (χ1n) is 18.2. The Labute approximate surface area is 330 Å². The lowest BCUT2D eigenvalue weighted by atomic mass is 9.98. The van der Waals surface area contributed by atoms with Crippen molar-refractivity contribution in [1.29, 1.82) is 0 Å². The van der Waals surface area contributed by atoms with Gasteiger partial charge in [0.2, 0.25) is 29.5 Å². The number of hydrogen-bond donors (Lipinski definition) is 6. The molecule has 4 atom stereocenters. The molecule has 0 aromatic heterocycles. The number of benzene rings is 4. The minimum absolute atomic E-state index is 0.0258. The number of thioether (sulfide) groups is 1. The van der Waals surface area contributed by atoms with Crippen molar-refractivity contribution in [3.8, 4) is 5.75 Å². The van der Waals surface area contributed by atoms with Crippen LogP contribution in [0.4, 0.5) is 4.39 Å². The van der Waals surface area contributed by atoms with Crippen LogP contribution in [0.2, 0.25) is 0 Å². The normalized spacial score (nSPS) is 13.1. The van der Waals surface area contributed by atoms with Gasteiger partial charge in [-0.3, -0.25) is 24.0 Å². The molecule has 296 valence electrons. The van der Waals surface area contributed by atoms with Crippen LogP contribution in [0, 0.1) is 5.82 Å². The number of nitrogens with one attached hydrogen (secondary N) is 4. The van der Waals surface area contributed by atoms with Gasteiger partial charge >= 0.3 is 0 Å². The number of amides is 5. The highest BCUT2D eigenvalue weighted by Crippen LogP contribution is 2.23. The lowest BCUT2D eigenvalue weighted by Gasteiger charge is -2.32. The van der Waals surface area contributed by atoms with Crippen LogP contribution in [-0.4, -0.2) is 89.3 Å². The molecule has 0 aliphatic heterocycles. The topological polar surface area (TPSA) is 183 Å². The number of phenolic OH excluding ortho intramolecular Hbond substituents is 1. The molecule has 0 saturated carbocycles. The predicted octanol–water partition coefficient (Wildman–Crippen LogP) is 3.24. The lowest BCUT2D eigenvalue weighted by molar-refractivity contribution is -0.142. The molecule has 14 heteroatoms. The van der Waals surface area contributed by atoms with Crippen LogP contribution < -0.4 is 27.0 Å². The summed E-state index contributed by atoms with van der Waals surface area (Å²) in [5.41, 5.74) is 9.02. The van der Waals surface area contributed by atoms with Gasteiger partial charge in [-0.1, -0.05) is 84.9 Å². The molecule has 0 aliphatic carbocycles. The van der Waals surface area contributed by atoms with E-state index in [4.69, 9.17) is 5.73 Å². The summed E-state index contributed by atoms with van der Waals surface area (Å²) in [5.74, 6) is -2.72. The summed E-state index contributed by atoms with van der Waals surface area (Å²) in [6, 6.07) is 26.1. The van der Waals surface area contributed by atoms with E-state index in [0.29, 0.717) is 17.7 Å². The third-order valence-corrected chi connectivity index (χ3v) is 9.80. The number of likely N-dealkylation sites (N-methyl/N-ethyl adjacent to an activating group) is 1. The molecular weight excluding hydrogens is 736 g/mol. The quantitative estimate of drug-likeness (QED) is 0.0838. The van der Waals surface area contributed by atoms with E-state index in [1.807, 2.05) is 66.9 Å². The van der Waals surface area contributed by atoms with Crippen LogP contribution in [0.25, 0.3) is 0 Å². The van der Waals surface area contributed by atoms with Crippen molar-refractivity contribution in [2.24, 2.45) is 5.73 Å². The zero-order valence-electron chi connectivity index (χ0n) is 31.6. The van der Waals surface area contributed by atoms with Crippen molar-refractivity contribution in [1.82, 2.24) is 26.2 Å². The molecule has 0 aliphatic rings. The minimum Gasteiger partial charge on any atom is -0.508 e. The van der Waals surface area contributed by atoms with E-state index in [9.17, 15) is 33.5 Å². The molecule has 0 bridgehead atoms. The van der Waals surface area contributed by atoms with Gasteiger partial charge in [-0.15, -0.1) is 0 Å². The Morgan fingerprint density at radius 1 is 0.750 bits per heavy atom. The van der Waals surface area contributed by atoms with E-state index in [1.54, 1.807) is 12.1 Å². The molecule has 0 fully saturated rings. The number of aromatic hydroxyl groups is 1. The first kappa shape index (κ1) is 43.0. The summed E-state index contributed by atoms with van der Waals surface area (Å²) < 4.78 is 13.8. The van der Waals surface area contributed by atoms with E-state index >= 15 is 0 Å². The van der Waals surface area contributed by atoms with Crippen LogP contribution in [0.1, 0.15) is 41.6 Å². The number of rotatable bonds is 19. The summed E-state index contributed by atoms with van der Waals surface area (Å²) in [6.45, 7) is 0.913. The Morgan fingerprint density at radius 3 is 1.88 bits per heavy atom. The molecule has 0 heterocycles. The average molecular weight is 785 g/mol. The fourth-order valence-corrected chi connectivity index (χ4v) is 6.46. The Bertz CT molecular complexity index is 1860. The molecular formula is C42H49FN6O6S. The minimum atomic E-state index is -1.19. The van der Waals surface area contributed by atoms with Crippen molar-refractivity contribution in [3.63, 3.8) is 0 Å². The fraction of sp³-hybridized carbons (Fsp3) is 0.310. The molecule has 7 N–H and O–H groups in total. The molecule has 0 saturated heterocycles. The zero-order valence-corrected chi connectivity index (χ0v) is 32.4. The number of nitrogens with two attached hydrogens (primary N) is 1. The third-order valence-electron chi connectivity index (χ3n) is 9.16. The van der Waals surface area contributed by atoms with Gasteiger partial charge in [-0.2, -0.15) is 11.8 Å². The standard InChI is InChI=1S/C42H49FN6O6S/c1-27(46-40(53)34(44)24-28-16-20-33(50)21-17-28)39(52)45-26-37(51)47-35(25-29-14-18-32(43)19-15-29)42(55)49(2)36(22-23-56-3)41(54)48-38(30-10-6-4-7-11-30)31-12-8-5-9-13-31/h4-21,27,34-36,38,50H,22-26,44H2,1-3H3,(H,45,52)(H,46,53)(H,47,51)(H,48,54)/t27-,34+,35+,36+/m1/s1. The second kappa shape index (κ2) is 21.4. The molecule has 0 spiro atoms. The molecule has 0 unspecified atom stereocenters. The molecule has 4 rings (SSSR count). The van der Waals surface area contributed by atoms with E-state index < -0.39 is 66.2 Å². The van der Waals surface area contributed by atoms with E-state index in [2.05, 4.69) is 21.3 Å². The number of nitrogens with zero attached hydrogens (tertiary/aromatic N) is 1. The highest BCUT2D eigenvalue weighted by Gasteiger charge is 2.33. The third kappa shape index (κ3) is 12.9. The van der Waals surface area contributed by atoms with Crippen LogP contribution >= 0.6 is 11.8 Å². The second-order valence-electron chi connectivity index (χ2n) is 13.4. The Balaban J connectivity index is 1.45. The van der Waals surface area contributed by atoms with Gasteiger partial charge in [0.25, 0.3) is 0 Å². The monoisotopic (exact) mass is 784 g/mol. The number of carbonyl (C=O) groups excluding carboxylic acids is 5. The largest absolute Gasteiger partial charge is 0.508 e. The van der Waals surface area contributed by atoms with Gasteiger partial charge < -0.3 is 37.0 Å². The van der Waals surface area contributed by atoms with Crippen molar-refractivity contribution >= 4 is 41.3 Å². The zero-order chi connectivity index (χ0) is 40.6. The van der Waals surface area contributed by atoms with Crippen molar-refractivity contribution < 1.29 is 33.5 Å². The highest BCUT2D eigenvalue weighted by molar-refractivity contribution is 7.98. The van der Waals surface area contributed by atoms with Crippen LogP contribution in [-0.2, 0) is 36.8 Å². The highest BCUT2D eigenvalue weighted by atomic mass is 32.2. The second-order valence-corrected chi connectivity index (χ2v) is 14.4. The molecule has 4 aromatic carbocycles. The maximum atomic E-state index is 14.3. The van der Waals surface area contributed by atoms with Gasteiger partial charge in [0.1, 0.15) is 29.7 Å². The van der Waals surface area contributed by atoms with Crippen LogP contribution in [0.15, 0.2) is 109 Å². The summed E-state index contributed by atoms with van der Waals surface area (Å²) in [6.07, 6.45) is 2.36. The maximum absolute atomic E-state index is 14.3. The van der Waals surface area contributed by atoms with Gasteiger partial charge in [0.05, 0.1) is 18.6 Å². The fourth-order valence-electron chi connectivity index (χ4n) is 6.00. The first-order chi connectivity index (χ1) is 26.9. The van der Waals surface area contributed by atoms with E-state index in [0.717, 1.165) is 16.7 Å². The molecule has 12 nitrogen and oxygen atoms in total. The lowest BCUT2D eigenvalue weighted by Crippen LogP contribution is -2.57. The Kier molecular flexibility index (Phi) is 16.4. The molecule has 5 amide bonds. The number of halogens is 1. The summed E-state index contributed by atoms with van der Waals surface area (Å²) in [5, 5.41) is 20.3. The number of hydrogen-bond acceptors (Lipinski definition) is 8. The summed E-state index contributed by atoms with van der Waals surface area (Å²) >= 11 is 1.52. The molecule has 56 heavy (non-hydrogen) atoms. The van der Waals surface area contributed by atoms with Gasteiger partial charge in [-0.05, 0) is 78.3 Å². The van der Waals surface area contributed by atoms with E-state index in [-0.39, 0.29) is 24.5 Å². The van der Waals surface area contributed by atoms with Crippen molar-refractivity contribution in [2.45, 2.75) is 56.4 Å². The van der Waals surface area contributed by atoms with Gasteiger partial charge in [-0.25, -0.2) is 4.39 Å². The Hall–Kier alpha value is -5.73. The smallest absolute Gasteiger partial charge is 0.245 e. The average Bonchev–Trinajstić information content (AvgIpc) is 3.20. The van der Waals surface area contributed by atoms with Crippen molar-refractivity contribution in [2.75, 3.05) is 25.6 Å². The number of carbonyl (C=O) groups is 5. The molecule has 0 radical (unpaired) electrons. The van der Waals surface area contributed by atoms with Gasteiger partial charge in [0, 0.05) is 13.5 Å². The van der Waals surface area contributed by atoms with Crippen LogP contribution in [0.3, 0.4) is 0 Å². The van der Waals surface area contributed by atoms with E-state index in [1.165, 1.54) is 67.0 Å². The first-order valence-corrected chi connectivity index (χ1v) is 19.6. The van der Waals surface area contributed by atoms with Gasteiger partial charge in [0.15, 0.2) is 0 Å². The van der Waals surface area contributed by atoms with Crippen LogP contribution in [0.5, 0.6) is 5.75 Å². The SMILES string of the molecule is CSCC[C@@H](C(=O)NC(c1ccccc1)c1ccccc1)N(C)C(=O)[C@H](Cc1ccc(F)cc1)NC(=O)CNC(=O)[C@@H](C)NC(=O)[C@@H](N)Cc1ccc(O)cc1. The maximum Gasteiger partial charge on any atom is 0.245 e. The summed E-state index contributed by atoms with van der Waals surface area (Å²) in [7, 11) is 1.51. The Morgan fingerprint density at radius 2 is 1.30 bits per heavy atom. The molecule has 4 aromatic rings. The summed E-state index contributed by atoms with van der Waals surface area (Å²) in [4.78, 5) is 68.5.